The molecular weight excluding hydrogens is 214 g/mol. The zero-order valence-corrected chi connectivity index (χ0v) is 11.7. The van der Waals surface area contributed by atoms with Gasteiger partial charge in [-0.25, -0.2) is 0 Å². The monoisotopic (exact) mass is 241 g/mol. The summed E-state index contributed by atoms with van der Waals surface area (Å²) < 4.78 is 0. The molecule has 1 heterocycles. The second-order valence-electron chi connectivity index (χ2n) is 5.48. The molecule has 0 spiro atoms. The molecule has 1 aliphatic rings. The third-order valence-electron chi connectivity index (χ3n) is 3.89. The van der Waals surface area contributed by atoms with Crippen LogP contribution in [0.25, 0.3) is 0 Å². The van der Waals surface area contributed by atoms with Gasteiger partial charge in [0.2, 0.25) is 5.91 Å². The van der Waals surface area contributed by atoms with Crippen LogP contribution < -0.4 is 10.6 Å². The van der Waals surface area contributed by atoms with Crippen molar-refractivity contribution >= 4 is 5.91 Å². The Morgan fingerprint density at radius 2 is 2.24 bits per heavy atom. The van der Waals surface area contributed by atoms with Crippen LogP contribution in [-0.2, 0) is 4.79 Å². The highest BCUT2D eigenvalue weighted by Crippen LogP contribution is 2.31. The topological polar surface area (TPSA) is 44.4 Å². The first-order valence-corrected chi connectivity index (χ1v) is 6.67. The summed E-state index contributed by atoms with van der Waals surface area (Å²) in [4.78, 5) is 14.4. The van der Waals surface area contributed by atoms with Crippen molar-refractivity contribution in [1.82, 2.24) is 15.5 Å². The fraction of sp³-hybridized carbons (Fsp3) is 0.923. The first kappa shape index (κ1) is 14.5. The summed E-state index contributed by atoms with van der Waals surface area (Å²) in [5.74, 6) is 0.234. The normalized spacial score (nSPS) is 26.2. The van der Waals surface area contributed by atoms with Gasteiger partial charge < -0.3 is 15.5 Å². The van der Waals surface area contributed by atoms with Crippen LogP contribution in [0.1, 0.15) is 33.1 Å². The van der Waals surface area contributed by atoms with Crippen LogP contribution in [0.3, 0.4) is 0 Å². The molecule has 4 nitrogen and oxygen atoms in total. The summed E-state index contributed by atoms with van der Waals surface area (Å²) in [6.45, 7) is 6.81. The van der Waals surface area contributed by atoms with Gasteiger partial charge in [-0.15, -0.1) is 0 Å². The third-order valence-corrected chi connectivity index (χ3v) is 3.89. The van der Waals surface area contributed by atoms with E-state index in [1.165, 1.54) is 0 Å². The van der Waals surface area contributed by atoms with Gasteiger partial charge in [0, 0.05) is 19.1 Å². The molecule has 17 heavy (non-hydrogen) atoms. The Bertz CT molecular complexity index is 247. The number of carbonyl (C=O) groups excluding carboxylic acids is 1. The van der Waals surface area contributed by atoms with Gasteiger partial charge in [-0.2, -0.15) is 0 Å². The average molecular weight is 241 g/mol. The van der Waals surface area contributed by atoms with E-state index < -0.39 is 0 Å². The molecule has 1 amide bonds. The van der Waals surface area contributed by atoms with Crippen LogP contribution in [0.2, 0.25) is 0 Å². The summed E-state index contributed by atoms with van der Waals surface area (Å²) in [5, 5.41) is 6.43. The van der Waals surface area contributed by atoms with Crippen molar-refractivity contribution in [2.24, 2.45) is 5.41 Å². The minimum absolute atomic E-state index is 0.152. The molecule has 2 atom stereocenters. The summed E-state index contributed by atoms with van der Waals surface area (Å²) >= 11 is 0. The first-order chi connectivity index (χ1) is 8.02. The third kappa shape index (κ3) is 3.68. The number of amides is 1. The number of nitrogens with one attached hydrogen (secondary N) is 2. The van der Waals surface area contributed by atoms with E-state index in [0.717, 1.165) is 38.9 Å². The Labute approximate surface area is 105 Å². The van der Waals surface area contributed by atoms with Gasteiger partial charge in [0.05, 0.1) is 5.41 Å². The smallest absolute Gasteiger partial charge is 0.227 e. The molecule has 1 fully saturated rings. The Morgan fingerprint density at radius 1 is 1.53 bits per heavy atom. The molecule has 100 valence electrons. The molecule has 2 N–H and O–H groups in total. The van der Waals surface area contributed by atoms with E-state index in [-0.39, 0.29) is 11.3 Å². The summed E-state index contributed by atoms with van der Waals surface area (Å²) in [7, 11) is 4.07. The minimum atomic E-state index is -0.152. The lowest BCUT2D eigenvalue weighted by Crippen LogP contribution is -2.46. The van der Waals surface area contributed by atoms with Crippen molar-refractivity contribution in [3.63, 3.8) is 0 Å². The van der Waals surface area contributed by atoms with Gasteiger partial charge in [-0.3, -0.25) is 4.79 Å². The van der Waals surface area contributed by atoms with Gasteiger partial charge in [0.15, 0.2) is 0 Å². The van der Waals surface area contributed by atoms with Gasteiger partial charge in [0.1, 0.15) is 0 Å². The molecule has 2 unspecified atom stereocenters. The second-order valence-corrected chi connectivity index (χ2v) is 5.48. The van der Waals surface area contributed by atoms with E-state index >= 15 is 0 Å². The molecule has 0 saturated carbocycles. The zero-order valence-electron chi connectivity index (χ0n) is 11.7. The van der Waals surface area contributed by atoms with E-state index in [2.05, 4.69) is 29.4 Å². The molecule has 0 aromatic carbocycles. The maximum absolute atomic E-state index is 12.3. The highest BCUT2D eigenvalue weighted by Gasteiger charge is 2.40. The highest BCUT2D eigenvalue weighted by atomic mass is 16.2. The van der Waals surface area contributed by atoms with Crippen LogP contribution in [0.5, 0.6) is 0 Å². The lowest BCUT2D eigenvalue weighted by molar-refractivity contribution is -0.130. The Balaban J connectivity index is 2.49. The summed E-state index contributed by atoms with van der Waals surface area (Å²) in [5.41, 5.74) is -0.152. The Kier molecular flexibility index (Phi) is 5.40. The Morgan fingerprint density at radius 3 is 2.71 bits per heavy atom. The second kappa shape index (κ2) is 6.36. The van der Waals surface area contributed by atoms with Crippen LogP contribution >= 0.6 is 0 Å². The van der Waals surface area contributed by atoms with E-state index in [1.807, 2.05) is 14.1 Å². The average Bonchev–Trinajstić information content (AvgIpc) is 2.75. The molecule has 0 bridgehead atoms. The van der Waals surface area contributed by atoms with Gasteiger partial charge in [-0.1, -0.05) is 13.3 Å². The first-order valence-electron chi connectivity index (χ1n) is 6.67. The maximum atomic E-state index is 12.3. The quantitative estimate of drug-likeness (QED) is 0.724. The fourth-order valence-corrected chi connectivity index (χ4v) is 2.35. The van der Waals surface area contributed by atoms with Gasteiger partial charge >= 0.3 is 0 Å². The molecule has 1 rings (SSSR count). The SMILES string of the molecule is CCCC1(C(=O)NCC(C)N(C)C)CCNC1. The molecular formula is C13H27N3O. The van der Waals surface area contributed by atoms with E-state index in [0.29, 0.717) is 6.04 Å². The molecule has 1 aliphatic heterocycles. The molecule has 0 aromatic heterocycles. The maximum Gasteiger partial charge on any atom is 0.227 e. The van der Waals surface area contributed by atoms with Gasteiger partial charge in [0.25, 0.3) is 0 Å². The number of hydrogen-bond acceptors (Lipinski definition) is 3. The van der Waals surface area contributed by atoms with Crippen molar-refractivity contribution in [1.29, 1.82) is 0 Å². The number of rotatable bonds is 6. The van der Waals surface area contributed by atoms with Crippen LogP contribution in [0.15, 0.2) is 0 Å². The van der Waals surface area contributed by atoms with Crippen molar-refractivity contribution < 1.29 is 4.79 Å². The molecule has 0 radical (unpaired) electrons. The van der Waals surface area contributed by atoms with E-state index in [4.69, 9.17) is 0 Å². The molecule has 0 aliphatic carbocycles. The van der Waals surface area contributed by atoms with E-state index in [9.17, 15) is 4.79 Å². The van der Waals surface area contributed by atoms with Crippen molar-refractivity contribution in [3.8, 4) is 0 Å². The van der Waals surface area contributed by atoms with Gasteiger partial charge in [-0.05, 0) is 40.4 Å². The number of nitrogens with zero attached hydrogens (tertiary/aromatic N) is 1. The molecule has 4 heteroatoms. The van der Waals surface area contributed by atoms with Crippen LogP contribution in [0.4, 0.5) is 0 Å². The van der Waals surface area contributed by atoms with Crippen LogP contribution in [-0.4, -0.2) is 50.6 Å². The summed E-state index contributed by atoms with van der Waals surface area (Å²) in [6, 6.07) is 0.381. The fourth-order valence-electron chi connectivity index (χ4n) is 2.35. The Hall–Kier alpha value is -0.610. The summed E-state index contributed by atoms with van der Waals surface area (Å²) in [6.07, 6.45) is 3.03. The predicted octanol–water partition coefficient (Wildman–Crippen LogP) is 0.833. The minimum Gasteiger partial charge on any atom is -0.354 e. The van der Waals surface area contributed by atoms with Crippen molar-refractivity contribution in [2.75, 3.05) is 33.7 Å². The number of hydrogen-bond donors (Lipinski definition) is 2. The van der Waals surface area contributed by atoms with Crippen LogP contribution in [0, 0.1) is 5.41 Å². The standard InChI is InChI=1S/C13H27N3O/c1-5-6-13(7-8-14-10-13)12(17)15-9-11(2)16(3)4/h11,14H,5-10H2,1-4H3,(H,15,17). The molecule has 1 saturated heterocycles. The zero-order chi connectivity index (χ0) is 12.9. The highest BCUT2D eigenvalue weighted by molar-refractivity contribution is 5.83. The van der Waals surface area contributed by atoms with E-state index in [1.54, 1.807) is 0 Å². The van der Waals surface area contributed by atoms with Crippen molar-refractivity contribution in [2.45, 2.75) is 39.2 Å². The number of likely N-dealkylation sites (N-methyl/N-ethyl adjacent to an activating group) is 1. The van der Waals surface area contributed by atoms with Crippen molar-refractivity contribution in [3.05, 3.63) is 0 Å². The largest absolute Gasteiger partial charge is 0.354 e. The lowest BCUT2D eigenvalue weighted by atomic mass is 9.81. The number of carbonyl (C=O) groups is 1. The predicted molar refractivity (Wildman–Crippen MR) is 71.0 cm³/mol. The molecule has 0 aromatic rings. The lowest BCUT2D eigenvalue weighted by Gasteiger charge is -2.28.